The molecule has 0 spiro atoms. The van der Waals surface area contributed by atoms with Gasteiger partial charge in [0.05, 0.1) is 23.8 Å². The predicted octanol–water partition coefficient (Wildman–Crippen LogP) is 2.36. The van der Waals surface area contributed by atoms with Gasteiger partial charge in [0.1, 0.15) is 13.1 Å². The lowest BCUT2D eigenvalue weighted by Gasteiger charge is -2.56. The van der Waals surface area contributed by atoms with Gasteiger partial charge in [0.15, 0.2) is 0 Å². The second-order valence-electron chi connectivity index (χ2n) is 16.9. The van der Waals surface area contributed by atoms with E-state index in [0.717, 1.165) is 125 Å². The number of rotatable bonds is 10. The summed E-state index contributed by atoms with van der Waals surface area (Å²) in [6.45, 7) is 5.68. The standard InChI is InChI=1S/C34H50N10O2/c45-31(35-33-11-23-5-24(12-33)7-25(6-23)13-33)21-43-19-29(37-39-43)17-41-1-2-42(4-3-41)18-30-20-44(40-38-30)22-32(46)36-34-14-26-8-27(15-34)10-28(9-26)16-34/h19-20,23-28H,1-18,21-22H2,(H,35,45)(H,36,46). The topological polar surface area (TPSA) is 126 Å². The summed E-state index contributed by atoms with van der Waals surface area (Å²) in [5.74, 6) is 5.03. The van der Waals surface area contributed by atoms with Crippen molar-refractivity contribution in [3.63, 3.8) is 0 Å². The number of hydrogen-bond acceptors (Lipinski definition) is 8. The summed E-state index contributed by atoms with van der Waals surface area (Å²) in [7, 11) is 0. The molecule has 12 heteroatoms. The van der Waals surface area contributed by atoms with Crippen LogP contribution >= 0.6 is 0 Å². The van der Waals surface area contributed by atoms with E-state index in [1.165, 1.54) is 38.5 Å². The van der Waals surface area contributed by atoms with Crippen molar-refractivity contribution in [2.45, 2.75) is 114 Å². The summed E-state index contributed by atoms with van der Waals surface area (Å²) in [5.41, 5.74) is 1.88. The highest BCUT2D eigenvalue weighted by molar-refractivity contribution is 5.77. The summed E-state index contributed by atoms with van der Waals surface area (Å²) in [5, 5.41) is 24.2. The summed E-state index contributed by atoms with van der Waals surface area (Å²) in [6, 6.07) is 0. The molecular weight excluding hydrogens is 580 g/mol. The normalized spacial score (nSPS) is 38.0. The third kappa shape index (κ3) is 6.00. The zero-order valence-corrected chi connectivity index (χ0v) is 27.2. The van der Waals surface area contributed by atoms with Gasteiger partial charge in [-0.2, -0.15) is 0 Å². The molecule has 2 aromatic rings. The summed E-state index contributed by atoms with van der Waals surface area (Å²) in [4.78, 5) is 30.8. The number of nitrogens with one attached hydrogen (secondary N) is 2. The maximum atomic E-state index is 13.0. The Bertz CT molecular complexity index is 1280. The molecule has 0 unspecified atom stereocenters. The van der Waals surface area contributed by atoms with Gasteiger partial charge in [-0.25, -0.2) is 9.36 Å². The van der Waals surface area contributed by atoms with E-state index in [1.54, 1.807) is 9.36 Å². The number of hydrogen-bond donors (Lipinski definition) is 2. The number of nitrogens with zero attached hydrogens (tertiary/aromatic N) is 8. The molecule has 1 saturated heterocycles. The third-order valence-electron chi connectivity index (χ3n) is 12.9. The molecule has 0 radical (unpaired) electrons. The Balaban J connectivity index is 0.709. The van der Waals surface area contributed by atoms with E-state index in [9.17, 15) is 9.59 Å². The Kier molecular flexibility index (Phi) is 7.25. The Morgan fingerprint density at radius 1 is 0.587 bits per heavy atom. The van der Waals surface area contributed by atoms with E-state index in [-0.39, 0.29) is 36.0 Å². The molecule has 2 aromatic heterocycles. The maximum Gasteiger partial charge on any atom is 0.242 e. The van der Waals surface area contributed by atoms with Crippen molar-refractivity contribution in [2.75, 3.05) is 26.2 Å². The fourth-order valence-corrected chi connectivity index (χ4v) is 12.0. The highest BCUT2D eigenvalue weighted by atomic mass is 16.2. The average Bonchev–Trinajstić information content (AvgIpc) is 3.60. The van der Waals surface area contributed by atoms with Crippen LogP contribution in [0.3, 0.4) is 0 Å². The zero-order valence-electron chi connectivity index (χ0n) is 27.2. The molecule has 0 aromatic carbocycles. The van der Waals surface area contributed by atoms with Gasteiger partial charge in [-0.05, 0) is 113 Å². The first kappa shape index (κ1) is 29.3. The smallest absolute Gasteiger partial charge is 0.242 e. The van der Waals surface area contributed by atoms with Crippen molar-refractivity contribution in [3.05, 3.63) is 23.8 Å². The third-order valence-corrected chi connectivity index (χ3v) is 12.9. The summed E-state index contributed by atoms with van der Waals surface area (Å²) in [6.07, 6.45) is 19.1. The lowest BCUT2D eigenvalue weighted by atomic mass is 9.53. The Morgan fingerprint density at radius 2 is 0.913 bits per heavy atom. The van der Waals surface area contributed by atoms with Crippen LogP contribution in [0.5, 0.6) is 0 Å². The number of carbonyl (C=O) groups excluding carboxylic acids is 2. The fraction of sp³-hybridized carbons (Fsp3) is 0.824. The van der Waals surface area contributed by atoms with E-state index < -0.39 is 0 Å². The van der Waals surface area contributed by atoms with Crippen molar-refractivity contribution in [1.29, 1.82) is 0 Å². The number of aromatic nitrogens is 6. The zero-order chi connectivity index (χ0) is 30.9. The molecule has 2 amide bonds. The molecule has 9 aliphatic rings. The molecular formula is C34H50N10O2. The van der Waals surface area contributed by atoms with Crippen LogP contribution in [0, 0.1) is 35.5 Å². The van der Waals surface area contributed by atoms with Gasteiger partial charge in [-0.1, -0.05) is 10.4 Å². The number of amides is 2. The van der Waals surface area contributed by atoms with E-state index in [1.807, 2.05) is 12.4 Å². The minimum absolute atomic E-state index is 0.0332. The second kappa shape index (κ2) is 11.4. The molecule has 3 heterocycles. The van der Waals surface area contributed by atoms with Gasteiger partial charge >= 0.3 is 0 Å². The largest absolute Gasteiger partial charge is 0.349 e. The highest BCUT2D eigenvalue weighted by Gasteiger charge is 2.52. The molecule has 12 nitrogen and oxygen atoms in total. The Labute approximate surface area is 271 Å². The molecule has 8 bridgehead atoms. The van der Waals surface area contributed by atoms with Crippen LogP contribution in [0.1, 0.15) is 88.4 Å². The molecule has 2 N–H and O–H groups in total. The van der Waals surface area contributed by atoms with Gasteiger partial charge < -0.3 is 10.6 Å². The van der Waals surface area contributed by atoms with Crippen LogP contribution in [0.2, 0.25) is 0 Å². The minimum Gasteiger partial charge on any atom is -0.349 e. The van der Waals surface area contributed by atoms with Gasteiger partial charge in [0.25, 0.3) is 0 Å². The van der Waals surface area contributed by atoms with Crippen LogP contribution < -0.4 is 10.6 Å². The lowest BCUT2D eigenvalue weighted by Crippen LogP contribution is -2.60. The quantitative estimate of drug-likeness (QED) is 0.410. The van der Waals surface area contributed by atoms with E-state index in [4.69, 9.17) is 0 Å². The van der Waals surface area contributed by atoms with Crippen molar-refractivity contribution < 1.29 is 9.59 Å². The van der Waals surface area contributed by atoms with Crippen molar-refractivity contribution in [1.82, 2.24) is 50.4 Å². The molecule has 8 aliphatic carbocycles. The van der Waals surface area contributed by atoms with E-state index in [0.29, 0.717) is 0 Å². The molecule has 0 atom stereocenters. The number of piperazine rings is 1. The SMILES string of the molecule is O=C(Cn1cc(CN2CCN(Cc3cn(CC(=O)NC45CC6CC(CC(C6)C4)C5)nn3)CC2)nn1)NC12CC3CC(CC(C3)C1)C2. The first-order chi connectivity index (χ1) is 22.3. The number of carbonyl (C=O) groups is 2. The van der Waals surface area contributed by atoms with Crippen LogP contribution in [0.25, 0.3) is 0 Å². The summed E-state index contributed by atoms with van der Waals surface area (Å²) >= 11 is 0. The van der Waals surface area contributed by atoms with Crippen LogP contribution in [-0.2, 0) is 35.8 Å². The van der Waals surface area contributed by atoms with Crippen molar-refractivity contribution >= 4 is 11.8 Å². The van der Waals surface area contributed by atoms with E-state index >= 15 is 0 Å². The molecule has 9 fully saturated rings. The molecule has 8 saturated carbocycles. The molecule has 248 valence electrons. The maximum absolute atomic E-state index is 13.0. The molecule has 1 aliphatic heterocycles. The highest BCUT2D eigenvalue weighted by Crippen LogP contribution is 2.56. The predicted molar refractivity (Wildman–Crippen MR) is 169 cm³/mol. The second-order valence-corrected chi connectivity index (χ2v) is 16.9. The van der Waals surface area contributed by atoms with Crippen molar-refractivity contribution in [2.24, 2.45) is 35.5 Å². The molecule has 11 rings (SSSR count). The Morgan fingerprint density at radius 3 is 1.24 bits per heavy atom. The molecule has 46 heavy (non-hydrogen) atoms. The van der Waals surface area contributed by atoms with Gasteiger partial charge in [-0.15, -0.1) is 10.2 Å². The van der Waals surface area contributed by atoms with Gasteiger partial charge in [0.2, 0.25) is 11.8 Å². The van der Waals surface area contributed by atoms with Crippen LogP contribution in [0.15, 0.2) is 12.4 Å². The fourth-order valence-electron chi connectivity index (χ4n) is 12.0. The first-order valence-electron chi connectivity index (χ1n) is 18.2. The average molecular weight is 631 g/mol. The van der Waals surface area contributed by atoms with Crippen LogP contribution in [-0.4, -0.2) is 88.9 Å². The van der Waals surface area contributed by atoms with Gasteiger partial charge in [-0.3, -0.25) is 19.4 Å². The lowest BCUT2D eigenvalue weighted by molar-refractivity contribution is -0.128. The van der Waals surface area contributed by atoms with Crippen LogP contribution in [0.4, 0.5) is 0 Å². The Hall–Kier alpha value is -2.86. The minimum atomic E-state index is 0.0332. The summed E-state index contributed by atoms with van der Waals surface area (Å²) < 4.78 is 3.41. The van der Waals surface area contributed by atoms with Crippen molar-refractivity contribution in [3.8, 4) is 0 Å². The van der Waals surface area contributed by atoms with Gasteiger partial charge in [0, 0.05) is 50.3 Å². The monoisotopic (exact) mass is 630 g/mol. The first-order valence-corrected chi connectivity index (χ1v) is 18.2. The van der Waals surface area contributed by atoms with E-state index in [2.05, 4.69) is 41.1 Å².